The molecule has 6 nitrogen and oxygen atoms in total. The molecule has 6 heteroatoms. The maximum atomic E-state index is 11.5. The molecule has 0 aliphatic heterocycles. The molecule has 98 valence electrons. The van der Waals surface area contributed by atoms with Crippen molar-refractivity contribution < 1.29 is 19.4 Å². The molecule has 1 saturated carbocycles. The van der Waals surface area contributed by atoms with Crippen molar-refractivity contribution >= 4 is 12.0 Å². The lowest BCUT2D eigenvalue weighted by Crippen LogP contribution is -2.46. The average molecular weight is 244 g/mol. The van der Waals surface area contributed by atoms with Crippen molar-refractivity contribution in [2.45, 2.75) is 38.3 Å². The van der Waals surface area contributed by atoms with Gasteiger partial charge in [-0.2, -0.15) is 0 Å². The summed E-state index contributed by atoms with van der Waals surface area (Å²) in [6.07, 6.45) is 2.15. The highest BCUT2D eigenvalue weighted by atomic mass is 16.5. The van der Waals surface area contributed by atoms with Crippen LogP contribution in [-0.4, -0.2) is 42.9 Å². The Morgan fingerprint density at radius 3 is 2.76 bits per heavy atom. The van der Waals surface area contributed by atoms with E-state index in [2.05, 4.69) is 10.6 Å². The average Bonchev–Trinajstić information content (AvgIpc) is 2.74. The van der Waals surface area contributed by atoms with Crippen LogP contribution in [0.1, 0.15) is 26.2 Å². The molecule has 17 heavy (non-hydrogen) atoms. The van der Waals surface area contributed by atoms with Crippen molar-refractivity contribution in [2.24, 2.45) is 5.92 Å². The van der Waals surface area contributed by atoms with Crippen LogP contribution in [0.15, 0.2) is 0 Å². The van der Waals surface area contributed by atoms with Gasteiger partial charge in [0.25, 0.3) is 0 Å². The van der Waals surface area contributed by atoms with Gasteiger partial charge < -0.3 is 20.5 Å². The summed E-state index contributed by atoms with van der Waals surface area (Å²) < 4.78 is 4.99. The molecule has 3 atom stereocenters. The fraction of sp³-hybridized carbons (Fsp3) is 0.818. The molecule has 0 radical (unpaired) electrons. The van der Waals surface area contributed by atoms with Crippen LogP contribution >= 0.6 is 0 Å². The van der Waals surface area contributed by atoms with Crippen molar-refractivity contribution in [3.8, 4) is 0 Å². The number of methoxy groups -OCH3 is 1. The molecule has 1 aliphatic rings. The van der Waals surface area contributed by atoms with Crippen molar-refractivity contribution in [1.82, 2.24) is 10.6 Å². The molecule has 0 saturated heterocycles. The van der Waals surface area contributed by atoms with Crippen molar-refractivity contribution in [1.29, 1.82) is 0 Å². The molecule has 0 aromatic rings. The third kappa shape index (κ3) is 4.22. The van der Waals surface area contributed by atoms with Crippen LogP contribution in [0, 0.1) is 5.92 Å². The third-order valence-corrected chi connectivity index (χ3v) is 3.10. The molecule has 3 unspecified atom stereocenters. The van der Waals surface area contributed by atoms with Gasteiger partial charge in [0.15, 0.2) is 0 Å². The van der Waals surface area contributed by atoms with Gasteiger partial charge in [-0.3, -0.25) is 4.79 Å². The van der Waals surface area contributed by atoms with E-state index in [1.165, 1.54) is 0 Å². The summed E-state index contributed by atoms with van der Waals surface area (Å²) >= 11 is 0. The Hall–Kier alpha value is -1.30. The summed E-state index contributed by atoms with van der Waals surface area (Å²) in [5.41, 5.74) is 0. The Labute approximate surface area is 101 Å². The van der Waals surface area contributed by atoms with Gasteiger partial charge in [0.2, 0.25) is 0 Å². The Kier molecular flexibility index (Phi) is 5.21. The zero-order valence-electron chi connectivity index (χ0n) is 10.2. The molecule has 1 fully saturated rings. The van der Waals surface area contributed by atoms with Crippen LogP contribution in [-0.2, 0) is 9.53 Å². The summed E-state index contributed by atoms with van der Waals surface area (Å²) in [4.78, 5) is 22.4. The van der Waals surface area contributed by atoms with Gasteiger partial charge in [0, 0.05) is 19.7 Å². The number of carbonyl (C=O) groups is 2. The molecule has 0 bridgehead atoms. The second-order valence-electron chi connectivity index (χ2n) is 4.38. The largest absolute Gasteiger partial charge is 0.481 e. The second kappa shape index (κ2) is 6.44. The monoisotopic (exact) mass is 244 g/mol. The van der Waals surface area contributed by atoms with Gasteiger partial charge in [-0.05, 0) is 19.8 Å². The van der Waals surface area contributed by atoms with Crippen LogP contribution in [0.25, 0.3) is 0 Å². The minimum Gasteiger partial charge on any atom is -0.481 e. The molecule has 3 N–H and O–H groups in total. The van der Waals surface area contributed by atoms with Gasteiger partial charge in [-0.15, -0.1) is 0 Å². The second-order valence-corrected chi connectivity index (χ2v) is 4.38. The normalized spacial score (nSPS) is 25.3. The van der Waals surface area contributed by atoms with Crippen LogP contribution in [0.3, 0.4) is 0 Å². The van der Waals surface area contributed by atoms with E-state index in [1.807, 2.05) is 6.92 Å². The number of hydrogen-bond acceptors (Lipinski definition) is 3. The number of ether oxygens (including phenoxy) is 1. The number of nitrogens with one attached hydrogen (secondary N) is 2. The minimum absolute atomic E-state index is 0.0559. The first kappa shape index (κ1) is 13.8. The van der Waals surface area contributed by atoms with Crippen molar-refractivity contribution in [2.75, 3.05) is 13.7 Å². The Bertz CT molecular complexity index is 283. The van der Waals surface area contributed by atoms with E-state index in [0.717, 1.165) is 12.8 Å². The standard InChI is InChI=1S/C11H20N2O4/c1-7(17-2)6-12-11(16)13-9-5-3-4-8(9)10(14)15/h7-9H,3-6H2,1-2H3,(H,14,15)(H2,12,13,16). The molecular weight excluding hydrogens is 224 g/mol. The number of amides is 2. The molecule has 0 aromatic heterocycles. The van der Waals surface area contributed by atoms with E-state index >= 15 is 0 Å². The quantitative estimate of drug-likeness (QED) is 0.660. The number of aliphatic carboxylic acids is 1. The molecule has 0 aromatic carbocycles. The van der Waals surface area contributed by atoms with Crippen LogP contribution in [0.5, 0.6) is 0 Å². The Morgan fingerprint density at radius 1 is 1.47 bits per heavy atom. The highest BCUT2D eigenvalue weighted by Gasteiger charge is 2.33. The Balaban J connectivity index is 2.33. The van der Waals surface area contributed by atoms with Crippen molar-refractivity contribution in [3.05, 3.63) is 0 Å². The van der Waals surface area contributed by atoms with E-state index in [4.69, 9.17) is 9.84 Å². The van der Waals surface area contributed by atoms with E-state index in [-0.39, 0.29) is 18.2 Å². The highest BCUT2D eigenvalue weighted by molar-refractivity contribution is 5.77. The van der Waals surface area contributed by atoms with Gasteiger partial charge in [0.1, 0.15) is 0 Å². The lowest BCUT2D eigenvalue weighted by Gasteiger charge is -2.18. The van der Waals surface area contributed by atoms with Gasteiger partial charge in [0.05, 0.1) is 12.0 Å². The SMILES string of the molecule is COC(C)CNC(=O)NC1CCCC1C(=O)O. The third-order valence-electron chi connectivity index (χ3n) is 3.10. The summed E-state index contributed by atoms with van der Waals surface area (Å²) in [6, 6.07) is -0.586. The van der Waals surface area contributed by atoms with Crippen LogP contribution in [0.4, 0.5) is 4.79 Å². The number of rotatable bonds is 5. The van der Waals surface area contributed by atoms with E-state index in [9.17, 15) is 9.59 Å². The first-order chi connectivity index (χ1) is 8.04. The zero-order chi connectivity index (χ0) is 12.8. The summed E-state index contributed by atoms with van der Waals surface area (Å²) in [7, 11) is 1.57. The van der Waals surface area contributed by atoms with Gasteiger partial charge in [-0.1, -0.05) is 6.42 Å². The highest BCUT2D eigenvalue weighted by Crippen LogP contribution is 2.25. The number of carboxylic acids is 1. The maximum absolute atomic E-state index is 11.5. The first-order valence-electron chi connectivity index (χ1n) is 5.84. The predicted molar refractivity (Wildman–Crippen MR) is 61.8 cm³/mol. The summed E-state index contributed by atoms with van der Waals surface area (Å²) in [5.74, 6) is -1.29. The lowest BCUT2D eigenvalue weighted by molar-refractivity contribution is -0.142. The van der Waals surface area contributed by atoms with Crippen molar-refractivity contribution in [3.63, 3.8) is 0 Å². The molecule has 0 heterocycles. The Morgan fingerprint density at radius 2 is 2.18 bits per heavy atom. The topological polar surface area (TPSA) is 87.7 Å². The van der Waals surface area contributed by atoms with Gasteiger partial charge >= 0.3 is 12.0 Å². The van der Waals surface area contributed by atoms with E-state index in [0.29, 0.717) is 13.0 Å². The van der Waals surface area contributed by atoms with E-state index < -0.39 is 11.9 Å². The maximum Gasteiger partial charge on any atom is 0.315 e. The molecule has 1 rings (SSSR count). The smallest absolute Gasteiger partial charge is 0.315 e. The zero-order valence-corrected chi connectivity index (χ0v) is 10.2. The number of carboxylic acid groups (broad SMARTS) is 1. The molecule has 0 spiro atoms. The summed E-state index contributed by atoms with van der Waals surface area (Å²) in [5, 5.41) is 14.3. The van der Waals surface area contributed by atoms with Crippen LogP contribution < -0.4 is 10.6 Å². The molecule has 2 amide bonds. The first-order valence-corrected chi connectivity index (χ1v) is 5.84. The van der Waals surface area contributed by atoms with Crippen LogP contribution in [0.2, 0.25) is 0 Å². The lowest BCUT2D eigenvalue weighted by atomic mass is 10.0. The molecule has 1 aliphatic carbocycles. The summed E-state index contributed by atoms with van der Waals surface area (Å²) in [6.45, 7) is 2.25. The minimum atomic E-state index is -0.835. The molecular formula is C11H20N2O4. The fourth-order valence-electron chi connectivity index (χ4n) is 1.97. The number of urea groups is 1. The number of hydrogen-bond donors (Lipinski definition) is 3. The van der Waals surface area contributed by atoms with Gasteiger partial charge in [-0.25, -0.2) is 4.79 Å². The fourth-order valence-corrected chi connectivity index (χ4v) is 1.97. The van der Waals surface area contributed by atoms with E-state index in [1.54, 1.807) is 7.11 Å². The predicted octanol–water partition coefficient (Wildman–Crippen LogP) is 0.574. The number of carbonyl (C=O) groups excluding carboxylic acids is 1.